The molecular formula is C11H15N3OS. The first-order chi connectivity index (χ1) is 7.63. The number of rotatable bonds is 5. The van der Waals surface area contributed by atoms with Gasteiger partial charge < -0.3 is 11.1 Å². The summed E-state index contributed by atoms with van der Waals surface area (Å²) in [7, 11) is 0. The fourth-order valence-corrected chi connectivity index (χ4v) is 1.94. The molecule has 0 fully saturated rings. The quantitative estimate of drug-likeness (QED) is 0.731. The molecule has 0 saturated carbocycles. The molecule has 16 heavy (non-hydrogen) atoms. The minimum absolute atomic E-state index is 0.203. The molecular weight excluding hydrogens is 222 g/mol. The minimum Gasteiger partial charge on any atom is -0.354 e. The zero-order valence-corrected chi connectivity index (χ0v) is 10.0. The van der Waals surface area contributed by atoms with Crippen LogP contribution in [0.2, 0.25) is 0 Å². The summed E-state index contributed by atoms with van der Waals surface area (Å²) in [6, 6.07) is -0.608. The molecule has 1 heterocycles. The van der Waals surface area contributed by atoms with E-state index in [1.54, 1.807) is 11.3 Å². The van der Waals surface area contributed by atoms with Gasteiger partial charge in [0, 0.05) is 30.5 Å². The SMILES string of the molecule is C#CCC(N)C(=O)NCCc1nc(C)cs1. The van der Waals surface area contributed by atoms with Gasteiger partial charge in [-0.3, -0.25) is 4.79 Å². The van der Waals surface area contributed by atoms with Crippen molar-refractivity contribution in [2.75, 3.05) is 6.54 Å². The van der Waals surface area contributed by atoms with Crippen molar-refractivity contribution in [3.63, 3.8) is 0 Å². The predicted molar refractivity (Wildman–Crippen MR) is 65.0 cm³/mol. The third-order valence-electron chi connectivity index (χ3n) is 1.98. The smallest absolute Gasteiger partial charge is 0.237 e. The number of hydrogen-bond acceptors (Lipinski definition) is 4. The lowest BCUT2D eigenvalue weighted by molar-refractivity contribution is -0.122. The average Bonchev–Trinajstić information content (AvgIpc) is 2.64. The summed E-state index contributed by atoms with van der Waals surface area (Å²) in [5, 5.41) is 5.74. The summed E-state index contributed by atoms with van der Waals surface area (Å²) in [4.78, 5) is 15.7. The predicted octanol–water partition coefficient (Wildman–Crippen LogP) is 0.461. The maximum Gasteiger partial charge on any atom is 0.237 e. The highest BCUT2D eigenvalue weighted by molar-refractivity contribution is 7.09. The Labute approximate surface area is 99.3 Å². The summed E-state index contributed by atoms with van der Waals surface area (Å²) in [5.41, 5.74) is 6.55. The summed E-state index contributed by atoms with van der Waals surface area (Å²) in [5.74, 6) is 2.16. The number of amides is 1. The Hall–Kier alpha value is -1.38. The van der Waals surface area contributed by atoms with Crippen LogP contribution in [0.5, 0.6) is 0 Å². The second kappa shape index (κ2) is 6.26. The van der Waals surface area contributed by atoms with Crippen LogP contribution in [-0.4, -0.2) is 23.5 Å². The maximum atomic E-state index is 11.4. The van der Waals surface area contributed by atoms with Crippen LogP contribution in [0.25, 0.3) is 0 Å². The van der Waals surface area contributed by atoms with Crippen LogP contribution in [-0.2, 0) is 11.2 Å². The number of nitrogens with two attached hydrogens (primary N) is 1. The van der Waals surface area contributed by atoms with E-state index >= 15 is 0 Å². The van der Waals surface area contributed by atoms with Crippen LogP contribution in [0.1, 0.15) is 17.1 Å². The monoisotopic (exact) mass is 237 g/mol. The Bertz CT molecular complexity index is 394. The Morgan fingerprint density at radius 1 is 1.81 bits per heavy atom. The molecule has 3 N–H and O–H groups in total. The van der Waals surface area contributed by atoms with Gasteiger partial charge in [-0.05, 0) is 6.92 Å². The van der Waals surface area contributed by atoms with E-state index in [1.165, 1.54) is 0 Å². The summed E-state index contributed by atoms with van der Waals surface area (Å²) in [6.45, 7) is 2.49. The number of nitrogens with one attached hydrogen (secondary N) is 1. The molecule has 0 aliphatic carbocycles. The first-order valence-corrected chi connectivity index (χ1v) is 5.89. The number of carbonyl (C=O) groups is 1. The number of aromatic nitrogens is 1. The van der Waals surface area contributed by atoms with Crippen LogP contribution in [0.4, 0.5) is 0 Å². The van der Waals surface area contributed by atoms with Gasteiger partial charge in [0.25, 0.3) is 0 Å². The number of hydrogen-bond donors (Lipinski definition) is 2. The highest BCUT2D eigenvalue weighted by Gasteiger charge is 2.11. The molecule has 5 heteroatoms. The van der Waals surface area contributed by atoms with Gasteiger partial charge in [-0.1, -0.05) is 0 Å². The molecule has 0 aromatic carbocycles. The van der Waals surface area contributed by atoms with E-state index in [1.807, 2.05) is 12.3 Å². The lowest BCUT2D eigenvalue weighted by atomic mass is 10.2. The van der Waals surface area contributed by atoms with Crippen molar-refractivity contribution in [1.82, 2.24) is 10.3 Å². The number of terminal acetylenes is 1. The van der Waals surface area contributed by atoms with Crippen LogP contribution in [0.15, 0.2) is 5.38 Å². The summed E-state index contributed by atoms with van der Waals surface area (Å²) in [6.07, 6.45) is 6.07. The zero-order chi connectivity index (χ0) is 12.0. The van der Waals surface area contributed by atoms with Crippen molar-refractivity contribution in [3.05, 3.63) is 16.1 Å². The molecule has 0 saturated heterocycles. The fourth-order valence-electron chi connectivity index (χ4n) is 1.16. The van der Waals surface area contributed by atoms with E-state index in [0.717, 1.165) is 17.1 Å². The number of nitrogens with zero attached hydrogens (tertiary/aromatic N) is 1. The zero-order valence-electron chi connectivity index (χ0n) is 9.19. The van der Waals surface area contributed by atoms with Gasteiger partial charge in [-0.25, -0.2) is 4.98 Å². The van der Waals surface area contributed by atoms with Gasteiger partial charge in [0.15, 0.2) is 0 Å². The van der Waals surface area contributed by atoms with E-state index in [2.05, 4.69) is 16.2 Å². The van der Waals surface area contributed by atoms with Crippen molar-refractivity contribution < 1.29 is 4.79 Å². The Morgan fingerprint density at radius 2 is 2.56 bits per heavy atom. The highest BCUT2D eigenvalue weighted by atomic mass is 32.1. The van der Waals surface area contributed by atoms with Crippen LogP contribution >= 0.6 is 11.3 Å². The van der Waals surface area contributed by atoms with Crippen molar-refractivity contribution in [1.29, 1.82) is 0 Å². The largest absolute Gasteiger partial charge is 0.354 e. The van der Waals surface area contributed by atoms with E-state index in [-0.39, 0.29) is 12.3 Å². The lowest BCUT2D eigenvalue weighted by Crippen LogP contribution is -2.41. The van der Waals surface area contributed by atoms with Crippen molar-refractivity contribution in [2.24, 2.45) is 5.73 Å². The van der Waals surface area contributed by atoms with Crippen molar-refractivity contribution >= 4 is 17.2 Å². The van der Waals surface area contributed by atoms with Crippen molar-refractivity contribution in [2.45, 2.75) is 25.8 Å². The first-order valence-electron chi connectivity index (χ1n) is 5.01. The van der Waals surface area contributed by atoms with Gasteiger partial charge in [-0.2, -0.15) is 0 Å². The van der Waals surface area contributed by atoms with Crippen molar-refractivity contribution in [3.8, 4) is 12.3 Å². The molecule has 86 valence electrons. The lowest BCUT2D eigenvalue weighted by Gasteiger charge is -2.08. The average molecular weight is 237 g/mol. The molecule has 1 rings (SSSR count). The van der Waals surface area contributed by atoms with Gasteiger partial charge in [0.05, 0.1) is 11.0 Å². The maximum absolute atomic E-state index is 11.4. The summed E-state index contributed by atoms with van der Waals surface area (Å²) >= 11 is 1.59. The third kappa shape index (κ3) is 4.01. The van der Waals surface area contributed by atoms with Crippen LogP contribution < -0.4 is 11.1 Å². The van der Waals surface area contributed by atoms with E-state index in [4.69, 9.17) is 12.2 Å². The molecule has 1 aromatic heterocycles. The minimum atomic E-state index is -0.608. The highest BCUT2D eigenvalue weighted by Crippen LogP contribution is 2.08. The van der Waals surface area contributed by atoms with E-state index in [9.17, 15) is 4.79 Å². The second-order valence-electron chi connectivity index (χ2n) is 3.44. The Balaban J connectivity index is 2.25. The molecule has 0 radical (unpaired) electrons. The van der Waals surface area contributed by atoms with Crippen LogP contribution in [0, 0.1) is 19.3 Å². The Morgan fingerprint density at radius 3 is 3.12 bits per heavy atom. The first kappa shape index (κ1) is 12.7. The molecule has 1 aromatic rings. The van der Waals surface area contributed by atoms with Gasteiger partial charge in [0.2, 0.25) is 5.91 Å². The molecule has 0 aliphatic heterocycles. The third-order valence-corrected chi connectivity index (χ3v) is 3.01. The standard InChI is InChI=1S/C11H15N3OS/c1-3-4-9(12)11(15)13-6-5-10-14-8(2)7-16-10/h1,7,9H,4-6,12H2,2H3,(H,13,15). The van der Waals surface area contributed by atoms with Gasteiger partial charge >= 0.3 is 0 Å². The summed E-state index contributed by atoms with van der Waals surface area (Å²) < 4.78 is 0. The molecule has 0 bridgehead atoms. The molecule has 0 spiro atoms. The number of thiazole rings is 1. The molecule has 1 amide bonds. The molecule has 4 nitrogen and oxygen atoms in total. The normalized spacial score (nSPS) is 11.8. The van der Waals surface area contributed by atoms with Gasteiger partial charge in [-0.15, -0.1) is 23.7 Å². The molecule has 1 unspecified atom stereocenters. The number of aryl methyl sites for hydroxylation is 1. The van der Waals surface area contributed by atoms with E-state index < -0.39 is 6.04 Å². The van der Waals surface area contributed by atoms with Crippen LogP contribution in [0.3, 0.4) is 0 Å². The molecule has 1 atom stereocenters. The Kier molecular flexibility index (Phi) is 4.96. The second-order valence-corrected chi connectivity index (χ2v) is 4.38. The van der Waals surface area contributed by atoms with Gasteiger partial charge in [0.1, 0.15) is 0 Å². The number of carbonyl (C=O) groups excluding carboxylic acids is 1. The van der Waals surface area contributed by atoms with E-state index in [0.29, 0.717) is 6.54 Å². The fraction of sp³-hybridized carbons (Fsp3) is 0.455. The topological polar surface area (TPSA) is 68.0 Å². The molecule has 0 aliphatic rings.